The molecule has 4 heteroatoms. The Morgan fingerprint density at radius 3 is 3.11 bits per heavy atom. The summed E-state index contributed by atoms with van der Waals surface area (Å²) in [6.45, 7) is 2.83. The van der Waals surface area contributed by atoms with Crippen LogP contribution in [0.2, 0.25) is 0 Å². The fraction of sp³-hybridized carbons (Fsp3) is 0.500. The highest BCUT2D eigenvalue weighted by Gasteiger charge is 2.25. The van der Waals surface area contributed by atoms with Crippen LogP contribution in [0.5, 0.6) is 0 Å². The molecule has 0 radical (unpaired) electrons. The number of hydrogen-bond acceptors (Lipinski definition) is 2. The second-order valence-electron chi connectivity index (χ2n) is 4.86. The molecule has 0 aromatic heterocycles. The highest BCUT2D eigenvalue weighted by Crippen LogP contribution is 2.17. The van der Waals surface area contributed by atoms with Crippen LogP contribution in [-0.2, 0) is 11.2 Å². The Morgan fingerprint density at radius 2 is 2.39 bits per heavy atom. The van der Waals surface area contributed by atoms with E-state index in [1.54, 1.807) is 0 Å². The molecule has 1 N–H and O–H groups in total. The van der Waals surface area contributed by atoms with Crippen molar-refractivity contribution in [2.45, 2.75) is 12.8 Å². The van der Waals surface area contributed by atoms with E-state index in [0.717, 1.165) is 31.6 Å². The third-order valence-corrected chi connectivity index (χ3v) is 4.05. The molecule has 1 aliphatic heterocycles. The average molecular weight is 358 g/mol. The van der Waals surface area contributed by atoms with Crippen molar-refractivity contribution in [3.63, 3.8) is 0 Å². The van der Waals surface area contributed by atoms with E-state index in [2.05, 4.69) is 34.0 Å². The van der Waals surface area contributed by atoms with Gasteiger partial charge in [-0.1, -0.05) is 12.1 Å². The van der Waals surface area contributed by atoms with Gasteiger partial charge in [-0.25, -0.2) is 0 Å². The summed E-state index contributed by atoms with van der Waals surface area (Å²) < 4.78 is 1.19. The van der Waals surface area contributed by atoms with Crippen molar-refractivity contribution in [3.8, 4) is 0 Å². The fourth-order valence-electron chi connectivity index (χ4n) is 2.45. The van der Waals surface area contributed by atoms with Crippen LogP contribution < -0.4 is 5.32 Å². The number of amides is 1. The van der Waals surface area contributed by atoms with Crippen LogP contribution in [0.1, 0.15) is 12.0 Å². The zero-order chi connectivity index (χ0) is 13.0. The van der Waals surface area contributed by atoms with Gasteiger partial charge in [-0.15, -0.1) is 0 Å². The minimum Gasteiger partial charge on any atom is -0.342 e. The molecule has 98 valence electrons. The molecule has 1 amide bonds. The number of carbonyl (C=O) groups is 1. The topological polar surface area (TPSA) is 32.3 Å². The molecule has 1 aromatic carbocycles. The summed E-state index contributed by atoms with van der Waals surface area (Å²) in [5.41, 5.74) is 1.11. The predicted octanol–water partition coefficient (Wildman–Crippen LogP) is 1.90. The molecule has 1 aliphatic rings. The monoisotopic (exact) mass is 358 g/mol. The van der Waals surface area contributed by atoms with Crippen molar-refractivity contribution in [2.75, 3.05) is 26.7 Å². The lowest BCUT2D eigenvalue weighted by molar-refractivity contribution is -0.129. The summed E-state index contributed by atoms with van der Waals surface area (Å²) in [6.07, 6.45) is 1.65. The van der Waals surface area contributed by atoms with Crippen LogP contribution in [0.15, 0.2) is 24.3 Å². The highest BCUT2D eigenvalue weighted by atomic mass is 127. The largest absolute Gasteiger partial charge is 0.342 e. The van der Waals surface area contributed by atoms with Gasteiger partial charge in [0.2, 0.25) is 5.91 Å². The number of nitrogens with zero attached hydrogens (tertiary/aromatic N) is 1. The van der Waals surface area contributed by atoms with Gasteiger partial charge in [-0.2, -0.15) is 0 Å². The van der Waals surface area contributed by atoms with Gasteiger partial charge in [0.1, 0.15) is 0 Å². The molecule has 0 aliphatic carbocycles. The Labute approximate surface area is 122 Å². The molecule has 1 aromatic rings. The molecule has 0 spiro atoms. The summed E-state index contributed by atoms with van der Waals surface area (Å²) in [5.74, 6) is 0.880. The van der Waals surface area contributed by atoms with Crippen molar-refractivity contribution >= 4 is 28.5 Å². The number of carbonyl (C=O) groups excluding carboxylic acids is 1. The summed E-state index contributed by atoms with van der Waals surface area (Å²) in [7, 11) is 1.97. The molecular formula is C14H19IN2O. The first kappa shape index (κ1) is 13.8. The van der Waals surface area contributed by atoms with Crippen molar-refractivity contribution in [1.82, 2.24) is 10.2 Å². The van der Waals surface area contributed by atoms with Crippen molar-refractivity contribution in [2.24, 2.45) is 5.92 Å². The van der Waals surface area contributed by atoms with Crippen LogP contribution in [0.25, 0.3) is 0 Å². The summed E-state index contributed by atoms with van der Waals surface area (Å²) in [5, 5.41) is 3.19. The second-order valence-corrected chi connectivity index (χ2v) is 6.10. The number of halogens is 1. The first-order valence-corrected chi connectivity index (χ1v) is 7.43. The third kappa shape index (κ3) is 3.68. The Balaban J connectivity index is 1.89. The Morgan fingerprint density at radius 1 is 1.56 bits per heavy atom. The van der Waals surface area contributed by atoms with E-state index in [1.165, 1.54) is 3.57 Å². The van der Waals surface area contributed by atoms with Crippen molar-refractivity contribution in [1.29, 1.82) is 0 Å². The minimum absolute atomic E-state index is 0.260. The number of nitrogens with one attached hydrogen (secondary N) is 1. The van der Waals surface area contributed by atoms with Gasteiger partial charge in [-0.05, 0) is 66.2 Å². The van der Waals surface area contributed by atoms with E-state index in [9.17, 15) is 4.79 Å². The van der Waals surface area contributed by atoms with Crippen LogP contribution in [-0.4, -0.2) is 37.5 Å². The highest BCUT2D eigenvalue weighted by molar-refractivity contribution is 14.1. The lowest BCUT2D eigenvalue weighted by atomic mass is 10.1. The first-order valence-electron chi connectivity index (χ1n) is 6.36. The summed E-state index contributed by atoms with van der Waals surface area (Å²) >= 11 is 2.28. The lowest BCUT2D eigenvalue weighted by Gasteiger charge is -2.16. The maximum Gasteiger partial charge on any atom is 0.227 e. The smallest absolute Gasteiger partial charge is 0.227 e. The zero-order valence-corrected chi connectivity index (χ0v) is 12.8. The van der Waals surface area contributed by atoms with E-state index in [-0.39, 0.29) is 5.91 Å². The molecule has 1 fully saturated rings. The van der Waals surface area contributed by atoms with E-state index in [4.69, 9.17) is 0 Å². The maximum atomic E-state index is 12.2. The van der Waals surface area contributed by atoms with Gasteiger partial charge in [0.05, 0.1) is 6.42 Å². The predicted molar refractivity (Wildman–Crippen MR) is 81.5 cm³/mol. The third-order valence-electron chi connectivity index (χ3n) is 3.38. The second kappa shape index (κ2) is 6.52. The van der Waals surface area contributed by atoms with Crippen LogP contribution >= 0.6 is 22.6 Å². The molecule has 3 nitrogen and oxygen atoms in total. The fourth-order valence-corrected chi connectivity index (χ4v) is 3.06. The first-order chi connectivity index (χ1) is 8.69. The quantitative estimate of drug-likeness (QED) is 0.834. The van der Waals surface area contributed by atoms with E-state index >= 15 is 0 Å². The van der Waals surface area contributed by atoms with Gasteiger partial charge in [0.15, 0.2) is 0 Å². The van der Waals surface area contributed by atoms with Crippen LogP contribution in [0, 0.1) is 9.49 Å². The standard InChI is InChI=1S/C14H19IN2O/c1-16-9-12-5-6-17(10-12)14(18)8-11-3-2-4-13(15)7-11/h2-4,7,12,16H,5-6,8-10H2,1H3. The molecule has 1 unspecified atom stereocenters. The molecule has 1 saturated heterocycles. The van der Waals surface area contributed by atoms with Gasteiger partial charge >= 0.3 is 0 Å². The average Bonchev–Trinajstić information content (AvgIpc) is 2.78. The molecule has 18 heavy (non-hydrogen) atoms. The van der Waals surface area contributed by atoms with Gasteiger partial charge in [0.25, 0.3) is 0 Å². The molecular weight excluding hydrogens is 339 g/mol. The van der Waals surface area contributed by atoms with Crippen molar-refractivity contribution in [3.05, 3.63) is 33.4 Å². The summed E-state index contributed by atoms with van der Waals surface area (Å²) in [4.78, 5) is 14.2. The zero-order valence-electron chi connectivity index (χ0n) is 10.7. The van der Waals surface area contributed by atoms with Crippen molar-refractivity contribution < 1.29 is 4.79 Å². The van der Waals surface area contributed by atoms with E-state index in [0.29, 0.717) is 12.3 Å². The normalized spacial score (nSPS) is 19.2. The van der Waals surface area contributed by atoms with E-state index < -0.39 is 0 Å². The number of benzene rings is 1. The van der Waals surface area contributed by atoms with Gasteiger partial charge < -0.3 is 10.2 Å². The number of likely N-dealkylation sites (tertiary alicyclic amines) is 1. The SMILES string of the molecule is CNCC1CCN(C(=O)Cc2cccc(I)c2)C1. The molecule has 0 bridgehead atoms. The Hall–Kier alpha value is -0.620. The molecule has 1 heterocycles. The van der Waals surface area contributed by atoms with Crippen LogP contribution in [0.3, 0.4) is 0 Å². The lowest BCUT2D eigenvalue weighted by Crippen LogP contribution is -2.31. The Kier molecular flexibility index (Phi) is 5.00. The minimum atomic E-state index is 0.260. The maximum absolute atomic E-state index is 12.2. The van der Waals surface area contributed by atoms with Gasteiger partial charge in [-0.3, -0.25) is 4.79 Å². The molecule has 2 rings (SSSR count). The van der Waals surface area contributed by atoms with Crippen LogP contribution in [0.4, 0.5) is 0 Å². The Bertz CT molecular complexity index is 422. The molecule has 0 saturated carbocycles. The van der Waals surface area contributed by atoms with E-state index in [1.807, 2.05) is 30.1 Å². The van der Waals surface area contributed by atoms with Gasteiger partial charge in [0, 0.05) is 16.7 Å². The molecule has 1 atom stereocenters. The number of rotatable bonds is 4. The number of hydrogen-bond donors (Lipinski definition) is 1. The summed E-state index contributed by atoms with van der Waals surface area (Å²) in [6, 6.07) is 8.17.